The van der Waals surface area contributed by atoms with Gasteiger partial charge in [-0.3, -0.25) is 0 Å². The molecule has 0 aliphatic rings. The second-order valence-electron chi connectivity index (χ2n) is 4.06. The van der Waals surface area contributed by atoms with Crippen molar-refractivity contribution in [2.45, 2.75) is 6.54 Å². The van der Waals surface area contributed by atoms with E-state index < -0.39 is 0 Å². The fourth-order valence-corrected chi connectivity index (χ4v) is 1.89. The first kappa shape index (κ1) is 14.3. The molecule has 0 bridgehead atoms. The van der Waals surface area contributed by atoms with E-state index in [9.17, 15) is 0 Å². The van der Waals surface area contributed by atoms with Crippen molar-refractivity contribution in [1.29, 1.82) is 0 Å². The van der Waals surface area contributed by atoms with E-state index in [1.165, 1.54) is 7.11 Å². The fourth-order valence-electron chi connectivity index (χ4n) is 1.74. The second-order valence-corrected chi connectivity index (χ2v) is 4.40. The van der Waals surface area contributed by atoms with Crippen molar-refractivity contribution in [3.8, 4) is 11.8 Å². The van der Waals surface area contributed by atoms with E-state index in [-0.39, 0.29) is 11.3 Å². The Morgan fingerprint density at radius 1 is 1.10 bits per heavy atom. The van der Waals surface area contributed by atoms with E-state index >= 15 is 0 Å². The Bertz CT molecular complexity index is 594. The summed E-state index contributed by atoms with van der Waals surface area (Å²) in [4.78, 5) is 13.9. The monoisotopic (exact) mass is 294 g/mol. The summed E-state index contributed by atoms with van der Waals surface area (Å²) in [6, 6.07) is 7.95. The fraction of sp³-hybridized carbons (Fsp3) is 0.308. The van der Waals surface area contributed by atoms with Gasteiger partial charge in [-0.2, -0.15) is 15.0 Å². The minimum Gasteiger partial charge on any atom is -0.496 e. The van der Waals surface area contributed by atoms with Crippen molar-refractivity contribution < 1.29 is 9.47 Å². The van der Waals surface area contributed by atoms with E-state index in [0.717, 1.165) is 11.3 Å². The number of para-hydroxylation sites is 1. The Hall–Kier alpha value is -2.08. The van der Waals surface area contributed by atoms with E-state index in [4.69, 9.17) is 21.1 Å². The average molecular weight is 295 g/mol. The predicted octanol–water partition coefficient (Wildman–Crippen LogP) is 2.18. The molecule has 7 heteroatoms. The molecule has 2 aromatic rings. The first-order chi connectivity index (χ1) is 9.63. The van der Waals surface area contributed by atoms with Crippen LogP contribution in [0.2, 0.25) is 5.28 Å². The summed E-state index contributed by atoms with van der Waals surface area (Å²) in [5.41, 5.74) is 1.02. The van der Waals surface area contributed by atoms with Crippen LogP contribution in [0.5, 0.6) is 11.8 Å². The van der Waals surface area contributed by atoms with Crippen LogP contribution in [0.15, 0.2) is 24.3 Å². The highest BCUT2D eigenvalue weighted by Crippen LogP contribution is 2.21. The molecule has 0 amide bonds. The number of methoxy groups -OCH3 is 2. The SMILES string of the molecule is COc1nc(Cl)nc(N(C)Cc2ccccc2OC)n1. The lowest BCUT2D eigenvalue weighted by Crippen LogP contribution is -2.20. The zero-order chi connectivity index (χ0) is 14.5. The molecule has 0 spiro atoms. The van der Waals surface area contributed by atoms with Crippen molar-refractivity contribution in [2.75, 3.05) is 26.2 Å². The topological polar surface area (TPSA) is 60.4 Å². The number of aromatic nitrogens is 3. The number of ether oxygens (including phenoxy) is 2. The Balaban J connectivity index is 2.23. The van der Waals surface area contributed by atoms with E-state index in [0.29, 0.717) is 12.5 Å². The zero-order valence-corrected chi connectivity index (χ0v) is 12.3. The Morgan fingerprint density at radius 3 is 2.55 bits per heavy atom. The molecular formula is C13H15ClN4O2. The van der Waals surface area contributed by atoms with Gasteiger partial charge in [-0.15, -0.1) is 0 Å². The number of hydrogen-bond donors (Lipinski definition) is 0. The highest BCUT2D eigenvalue weighted by molar-refractivity contribution is 6.28. The molecule has 0 fully saturated rings. The third-order valence-corrected chi connectivity index (χ3v) is 2.87. The summed E-state index contributed by atoms with van der Waals surface area (Å²) >= 11 is 5.84. The van der Waals surface area contributed by atoms with Crippen LogP contribution in [0.3, 0.4) is 0 Å². The molecule has 0 saturated heterocycles. The number of nitrogens with zero attached hydrogens (tertiary/aromatic N) is 4. The molecule has 0 unspecified atom stereocenters. The molecule has 0 atom stereocenters. The maximum Gasteiger partial charge on any atom is 0.322 e. The molecular weight excluding hydrogens is 280 g/mol. The summed E-state index contributed by atoms with van der Waals surface area (Å²) in [6.45, 7) is 0.577. The quantitative estimate of drug-likeness (QED) is 0.842. The van der Waals surface area contributed by atoms with Gasteiger partial charge in [-0.1, -0.05) is 18.2 Å². The van der Waals surface area contributed by atoms with Gasteiger partial charge >= 0.3 is 6.01 Å². The Labute approximate surface area is 122 Å². The Morgan fingerprint density at radius 2 is 1.85 bits per heavy atom. The van der Waals surface area contributed by atoms with Crippen LogP contribution in [0.4, 0.5) is 5.95 Å². The van der Waals surface area contributed by atoms with Crippen LogP contribution in [-0.4, -0.2) is 36.2 Å². The van der Waals surface area contributed by atoms with Gasteiger partial charge in [-0.05, 0) is 17.7 Å². The molecule has 1 heterocycles. The van der Waals surface area contributed by atoms with Gasteiger partial charge in [0, 0.05) is 19.2 Å². The summed E-state index contributed by atoms with van der Waals surface area (Å²) in [5, 5.41) is 0.0960. The lowest BCUT2D eigenvalue weighted by molar-refractivity contribution is 0.378. The number of benzene rings is 1. The number of anilines is 1. The lowest BCUT2D eigenvalue weighted by atomic mass is 10.2. The van der Waals surface area contributed by atoms with E-state index in [1.54, 1.807) is 7.11 Å². The van der Waals surface area contributed by atoms with Crippen molar-refractivity contribution in [2.24, 2.45) is 0 Å². The molecule has 106 valence electrons. The van der Waals surface area contributed by atoms with Crippen molar-refractivity contribution >= 4 is 17.5 Å². The minimum atomic E-state index is 0.0960. The largest absolute Gasteiger partial charge is 0.496 e. The molecule has 20 heavy (non-hydrogen) atoms. The number of hydrogen-bond acceptors (Lipinski definition) is 6. The normalized spacial score (nSPS) is 10.2. The highest BCUT2D eigenvalue weighted by Gasteiger charge is 2.12. The van der Waals surface area contributed by atoms with Crippen molar-refractivity contribution in [1.82, 2.24) is 15.0 Å². The maximum absolute atomic E-state index is 5.84. The number of rotatable bonds is 5. The molecule has 2 rings (SSSR count). The standard InChI is InChI=1S/C13H15ClN4O2/c1-18(8-9-6-4-5-7-10(9)19-2)12-15-11(14)16-13(17-12)20-3/h4-7H,8H2,1-3H3. The number of halogens is 1. The van der Waals surface area contributed by atoms with Crippen LogP contribution >= 0.6 is 11.6 Å². The van der Waals surface area contributed by atoms with Gasteiger partial charge in [0.25, 0.3) is 0 Å². The smallest absolute Gasteiger partial charge is 0.322 e. The molecule has 1 aromatic heterocycles. The summed E-state index contributed by atoms with van der Waals surface area (Å²) < 4.78 is 10.3. The van der Waals surface area contributed by atoms with E-state index in [1.807, 2.05) is 36.2 Å². The van der Waals surface area contributed by atoms with Crippen LogP contribution in [0, 0.1) is 0 Å². The summed E-state index contributed by atoms with van der Waals surface area (Å²) in [5.74, 6) is 1.25. The predicted molar refractivity (Wildman–Crippen MR) is 76.5 cm³/mol. The molecule has 0 aliphatic carbocycles. The molecule has 0 saturated carbocycles. The van der Waals surface area contributed by atoms with Crippen molar-refractivity contribution in [3.63, 3.8) is 0 Å². The highest BCUT2D eigenvalue weighted by atomic mass is 35.5. The van der Waals surface area contributed by atoms with Crippen LogP contribution in [0.1, 0.15) is 5.56 Å². The zero-order valence-electron chi connectivity index (χ0n) is 11.5. The second kappa shape index (κ2) is 6.38. The van der Waals surface area contributed by atoms with Gasteiger partial charge in [0.2, 0.25) is 11.2 Å². The average Bonchev–Trinajstić information content (AvgIpc) is 2.47. The van der Waals surface area contributed by atoms with Gasteiger partial charge in [0.1, 0.15) is 5.75 Å². The molecule has 1 aromatic carbocycles. The first-order valence-corrected chi connectivity index (χ1v) is 6.30. The van der Waals surface area contributed by atoms with Gasteiger partial charge < -0.3 is 14.4 Å². The lowest BCUT2D eigenvalue weighted by Gasteiger charge is -2.18. The summed E-state index contributed by atoms with van der Waals surface area (Å²) in [7, 11) is 4.98. The van der Waals surface area contributed by atoms with Crippen LogP contribution in [0.25, 0.3) is 0 Å². The molecule has 0 radical (unpaired) electrons. The molecule has 0 aliphatic heterocycles. The third kappa shape index (κ3) is 3.27. The van der Waals surface area contributed by atoms with Crippen LogP contribution in [-0.2, 0) is 6.54 Å². The van der Waals surface area contributed by atoms with Gasteiger partial charge in [0.05, 0.1) is 14.2 Å². The van der Waals surface area contributed by atoms with Gasteiger partial charge in [-0.25, -0.2) is 0 Å². The Kier molecular flexibility index (Phi) is 4.57. The molecule has 6 nitrogen and oxygen atoms in total. The maximum atomic E-state index is 5.84. The third-order valence-electron chi connectivity index (χ3n) is 2.70. The van der Waals surface area contributed by atoms with E-state index in [2.05, 4.69) is 15.0 Å². The van der Waals surface area contributed by atoms with Gasteiger partial charge in [0.15, 0.2) is 0 Å². The van der Waals surface area contributed by atoms with Crippen LogP contribution < -0.4 is 14.4 Å². The molecule has 0 N–H and O–H groups in total. The first-order valence-electron chi connectivity index (χ1n) is 5.92. The minimum absolute atomic E-state index is 0.0960. The summed E-state index contributed by atoms with van der Waals surface area (Å²) in [6.07, 6.45) is 0. The van der Waals surface area contributed by atoms with Crippen molar-refractivity contribution in [3.05, 3.63) is 35.1 Å².